The molecule has 2 atom stereocenters. The van der Waals surface area contributed by atoms with Crippen molar-refractivity contribution in [2.24, 2.45) is 5.41 Å². The van der Waals surface area contributed by atoms with E-state index in [1.54, 1.807) is 0 Å². The van der Waals surface area contributed by atoms with Gasteiger partial charge in [-0.3, -0.25) is 4.90 Å². The third kappa shape index (κ3) is 2.78. The second-order valence-electron chi connectivity index (χ2n) is 6.59. The Bertz CT molecular complexity index is 233. The van der Waals surface area contributed by atoms with Crippen LogP contribution in [0.25, 0.3) is 0 Å². The lowest BCUT2D eigenvalue weighted by molar-refractivity contribution is 0.213. The van der Waals surface area contributed by atoms with Crippen LogP contribution in [0.5, 0.6) is 0 Å². The lowest BCUT2D eigenvalue weighted by atomic mass is 9.87. The highest BCUT2D eigenvalue weighted by atomic mass is 15.2. The number of hydrogen-bond donors (Lipinski definition) is 1. The predicted octanol–water partition coefficient (Wildman–Crippen LogP) is 2.64. The third-order valence-corrected chi connectivity index (χ3v) is 4.73. The number of rotatable bonds is 5. The van der Waals surface area contributed by atoms with Crippen molar-refractivity contribution in [1.82, 2.24) is 10.2 Å². The summed E-state index contributed by atoms with van der Waals surface area (Å²) in [5.41, 5.74) is 0.512. The van der Waals surface area contributed by atoms with E-state index in [0.717, 1.165) is 18.6 Å². The van der Waals surface area contributed by atoms with Crippen molar-refractivity contribution >= 4 is 0 Å². The van der Waals surface area contributed by atoms with Crippen molar-refractivity contribution in [2.75, 3.05) is 13.6 Å². The fourth-order valence-corrected chi connectivity index (χ4v) is 3.00. The predicted molar refractivity (Wildman–Crippen MR) is 69.7 cm³/mol. The highest BCUT2D eigenvalue weighted by Crippen LogP contribution is 2.37. The Labute approximate surface area is 101 Å². The van der Waals surface area contributed by atoms with Crippen LogP contribution in [0.3, 0.4) is 0 Å². The Balaban J connectivity index is 1.74. The quantitative estimate of drug-likeness (QED) is 0.772. The zero-order chi connectivity index (χ0) is 11.8. The molecule has 2 heteroatoms. The molecule has 2 aliphatic carbocycles. The summed E-state index contributed by atoms with van der Waals surface area (Å²) < 4.78 is 0. The van der Waals surface area contributed by atoms with Gasteiger partial charge in [-0.1, -0.05) is 20.3 Å². The minimum atomic E-state index is 0.512. The minimum Gasteiger partial charge on any atom is -0.312 e. The van der Waals surface area contributed by atoms with E-state index in [2.05, 4.69) is 38.0 Å². The van der Waals surface area contributed by atoms with E-state index < -0.39 is 0 Å². The molecular weight excluding hydrogens is 196 g/mol. The standard InChI is InChI=1S/C14H28N2/c1-11(16(4)12-7-8-12)10-15-13-6-5-9-14(13,2)3/h11-13,15H,5-10H2,1-4H3. The van der Waals surface area contributed by atoms with Crippen LogP contribution in [0.2, 0.25) is 0 Å². The van der Waals surface area contributed by atoms with E-state index >= 15 is 0 Å². The summed E-state index contributed by atoms with van der Waals surface area (Å²) in [6, 6.07) is 2.31. The topological polar surface area (TPSA) is 15.3 Å². The average molecular weight is 224 g/mol. The maximum atomic E-state index is 3.79. The summed E-state index contributed by atoms with van der Waals surface area (Å²) in [5.74, 6) is 0. The molecule has 0 aromatic carbocycles. The summed E-state index contributed by atoms with van der Waals surface area (Å²) in [5, 5.41) is 3.79. The molecule has 0 bridgehead atoms. The number of nitrogens with one attached hydrogen (secondary N) is 1. The molecule has 2 unspecified atom stereocenters. The maximum Gasteiger partial charge on any atom is 0.0192 e. The fourth-order valence-electron chi connectivity index (χ4n) is 3.00. The van der Waals surface area contributed by atoms with Crippen LogP contribution in [-0.2, 0) is 0 Å². The van der Waals surface area contributed by atoms with Crippen LogP contribution in [0.15, 0.2) is 0 Å². The third-order valence-electron chi connectivity index (χ3n) is 4.73. The molecule has 2 saturated carbocycles. The molecule has 0 aromatic rings. The van der Waals surface area contributed by atoms with E-state index in [0.29, 0.717) is 11.5 Å². The number of nitrogens with zero attached hydrogens (tertiary/aromatic N) is 1. The lowest BCUT2D eigenvalue weighted by Gasteiger charge is -2.31. The Morgan fingerprint density at radius 3 is 2.50 bits per heavy atom. The fraction of sp³-hybridized carbons (Fsp3) is 1.00. The Hall–Kier alpha value is -0.0800. The molecule has 0 radical (unpaired) electrons. The Morgan fingerprint density at radius 1 is 1.31 bits per heavy atom. The van der Waals surface area contributed by atoms with Crippen molar-refractivity contribution < 1.29 is 0 Å². The molecule has 2 rings (SSSR count). The van der Waals surface area contributed by atoms with Gasteiger partial charge in [0.05, 0.1) is 0 Å². The van der Waals surface area contributed by atoms with Crippen LogP contribution in [0, 0.1) is 5.41 Å². The first-order chi connectivity index (χ1) is 7.50. The smallest absolute Gasteiger partial charge is 0.0192 e. The second kappa shape index (κ2) is 4.66. The summed E-state index contributed by atoms with van der Waals surface area (Å²) >= 11 is 0. The molecule has 0 amide bonds. The zero-order valence-corrected chi connectivity index (χ0v) is 11.4. The van der Waals surface area contributed by atoms with Crippen molar-refractivity contribution in [1.29, 1.82) is 0 Å². The Morgan fingerprint density at radius 2 is 2.00 bits per heavy atom. The van der Waals surface area contributed by atoms with Gasteiger partial charge in [0.15, 0.2) is 0 Å². The molecule has 0 aromatic heterocycles. The molecule has 16 heavy (non-hydrogen) atoms. The minimum absolute atomic E-state index is 0.512. The number of likely N-dealkylation sites (N-methyl/N-ethyl adjacent to an activating group) is 1. The normalized spacial score (nSPS) is 30.9. The van der Waals surface area contributed by atoms with Gasteiger partial charge < -0.3 is 5.32 Å². The lowest BCUT2D eigenvalue weighted by Crippen LogP contribution is -2.45. The Kier molecular flexibility index (Phi) is 3.60. The SMILES string of the molecule is CC(CNC1CCCC1(C)C)N(C)C1CC1. The first kappa shape index (κ1) is 12.4. The van der Waals surface area contributed by atoms with E-state index in [1.807, 2.05) is 0 Å². The largest absolute Gasteiger partial charge is 0.312 e. The van der Waals surface area contributed by atoms with Crippen LogP contribution >= 0.6 is 0 Å². The van der Waals surface area contributed by atoms with Crippen molar-refractivity contribution in [3.63, 3.8) is 0 Å². The van der Waals surface area contributed by atoms with Crippen LogP contribution in [0.1, 0.15) is 52.9 Å². The summed E-state index contributed by atoms with van der Waals surface area (Å²) in [7, 11) is 2.28. The van der Waals surface area contributed by atoms with Crippen LogP contribution in [0.4, 0.5) is 0 Å². The van der Waals surface area contributed by atoms with Gasteiger partial charge in [-0.15, -0.1) is 0 Å². The molecule has 0 spiro atoms. The van der Waals surface area contributed by atoms with Gasteiger partial charge in [-0.25, -0.2) is 0 Å². The highest BCUT2D eigenvalue weighted by Gasteiger charge is 2.35. The zero-order valence-electron chi connectivity index (χ0n) is 11.4. The van der Waals surface area contributed by atoms with Gasteiger partial charge in [-0.2, -0.15) is 0 Å². The average Bonchev–Trinajstić information content (AvgIpc) is 3.00. The van der Waals surface area contributed by atoms with Gasteiger partial charge in [0, 0.05) is 24.7 Å². The molecule has 2 aliphatic rings. The van der Waals surface area contributed by atoms with Crippen LogP contribution < -0.4 is 5.32 Å². The molecule has 2 nitrogen and oxygen atoms in total. The molecule has 0 aliphatic heterocycles. The van der Waals surface area contributed by atoms with Crippen molar-refractivity contribution in [2.45, 2.75) is 71.0 Å². The van der Waals surface area contributed by atoms with Crippen LogP contribution in [-0.4, -0.2) is 36.6 Å². The van der Waals surface area contributed by atoms with E-state index in [4.69, 9.17) is 0 Å². The molecule has 1 N–H and O–H groups in total. The second-order valence-corrected chi connectivity index (χ2v) is 6.59. The van der Waals surface area contributed by atoms with Crippen molar-refractivity contribution in [3.8, 4) is 0 Å². The molecule has 94 valence electrons. The first-order valence-electron chi connectivity index (χ1n) is 6.96. The molecular formula is C14H28N2. The maximum absolute atomic E-state index is 3.79. The summed E-state index contributed by atoms with van der Waals surface area (Å²) in [6.45, 7) is 8.33. The van der Waals surface area contributed by atoms with E-state index in [-0.39, 0.29) is 0 Å². The van der Waals surface area contributed by atoms with Gasteiger partial charge in [0.1, 0.15) is 0 Å². The van der Waals surface area contributed by atoms with Gasteiger partial charge in [0.25, 0.3) is 0 Å². The number of hydrogen-bond acceptors (Lipinski definition) is 2. The highest BCUT2D eigenvalue weighted by molar-refractivity contribution is 4.92. The first-order valence-corrected chi connectivity index (χ1v) is 6.96. The summed E-state index contributed by atoms with van der Waals surface area (Å²) in [6.07, 6.45) is 6.98. The van der Waals surface area contributed by atoms with Gasteiger partial charge in [0.2, 0.25) is 0 Å². The molecule has 0 saturated heterocycles. The van der Waals surface area contributed by atoms with E-state index in [1.165, 1.54) is 32.1 Å². The monoisotopic (exact) mass is 224 g/mol. The summed E-state index contributed by atoms with van der Waals surface area (Å²) in [4.78, 5) is 2.55. The van der Waals surface area contributed by atoms with Crippen molar-refractivity contribution in [3.05, 3.63) is 0 Å². The van der Waals surface area contributed by atoms with Gasteiger partial charge >= 0.3 is 0 Å². The molecule has 0 heterocycles. The van der Waals surface area contributed by atoms with Gasteiger partial charge in [-0.05, 0) is 45.1 Å². The van der Waals surface area contributed by atoms with E-state index in [9.17, 15) is 0 Å². The molecule has 2 fully saturated rings.